The molecule has 3 N–H and O–H groups in total. The molecule has 1 atom stereocenters. The van der Waals surface area contributed by atoms with Crippen LogP contribution in [0.3, 0.4) is 0 Å². The summed E-state index contributed by atoms with van der Waals surface area (Å²) in [5.41, 5.74) is 0. The van der Waals surface area contributed by atoms with Crippen LogP contribution in [0.5, 0.6) is 0 Å². The molecule has 1 amide bonds. The van der Waals surface area contributed by atoms with Gasteiger partial charge in [0.05, 0.1) is 19.8 Å². The lowest BCUT2D eigenvalue weighted by Crippen LogP contribution is -2.36. The van der Waals surface area contributed by atoms with Gasteiger partial charge in [0, 0.05) is 19.6 Å². The zero-order valence-corrected chi connectivity index (χ0v) is 11.6. The lowest BCUT2D eigenvalue weighted by Gasteiger charge is -2.11. The number of carbonyl (C=O) groups excluding carboxylic acids is 1. The van der Waals surface area contributed by atoms with Crippen LogP contribution in [0.2, 0.25) is 0 Å². The van der Waals surface area contributed by atoms with Gasteiger partial charge in [0.2, 0.25) is 5.91 Å². The Labute approximate surface area is 113 Å². The van der Waals surface area contributed by atoms with E-state index in [4.69, 9.17) is 14.6 Å². The Bertz CT molecular complexity index is 261. The van der Waals surface area contributed by atoms with E-state index in [0.717, 1.165) is 0 Å². The molecule has 0 aliphatic rings. The van der Waals surface area contributed by atoms with Gasteiger partial charge in [-0.05, 0) is 20.4 Å². The van der Waals surface area contributed by atoms with Crippen LogP contribution in [0.4, 0.5) is 0 Å². The lowest BCUT2D eigenvalue weighted by atomic mass is 10.1. The predicted molar refractivity (Wildman–Crippen MR) is 70.0 cm³/mol. The van der Waals surface area contributed by atoms with Gasteiger partial charge in [-0.1, -0.05) is 0 Å². The molecule has 0 aromatic rings. The van der Waals surface area contributed by atoms with Crippen LogP contribution in [0, 0.1) is 0 Å². The van der Waals surface area contributed by atoms with Crippen molar-refractivity contribution in [2.24, 2.45) is 0 Å². The van der Waals surface area contributed by atoms with Crippen molar-refractivity contribution in [3.8, 4) is 0 Å². The maximum Gasteiger partial charge on any atom is 0.320 e. The van der Waals surface area contributed by atoms with Gasteiger partial charge < -0.3 is 25.2 Å². The molecule has 7 heteroatoms. The highest BCUT2D eigenvalue weighted by molar-refractivity contribution is 5.78. The average molecular weight is 276 g/mol. The molecule has 0 aliphatic heterocycles. The minimum absolute atomic E-state index is 0.171. The summed E-state index contributed by atoms with van der Waals surface area (Å²) >= 11 is 0. The van der Waals surface area contributed by atoms with Crippen molar-refractivity contribution in [1.82, 2.24) is 10.6 Å². The molecule has 112 valence electrons. The van der Waals surface area contributed by atoms with E-state index in [0.29, 0.717) is 33.0 Å². The number of rotatable bonds is 12. The minimum atomic E-state index is -0.949. The first-order chi connectivity index (χ1) is 9.11. The number of carboxylic acids is 1. The molecule has 19 heavy (non-hydrogen) atoms. The standard InChI is InChI=1S/C12H24N2O5/c1-3-18-8-9-19-7-6-14-11(15)5-4-10(13-2)12(16)17/h10,13H,3-9H2,1-2H3,(H,14,15)(H,16,17). The Morgan fingerprint density at radius 2 is 1.89 bits per heavy atom. The number of likely N-dealkylation sites (N-methyl/N-ethyl adjacent to an activating group) is 1. The van der Waals surface area contributed by atoms with E-state index < -0.39 is 12.0 Å². The SMILES string of the molecule is CCOCCOCCNC(=O)CCC(NC)C(=O)O. The first-order valence-electron chi connectivity index (χ1n) is 6.44. The third-order valence-electron chi connectivity index (χ3n) is 2.45. The van der Waals surface area contributed by atoms with Gasteiger partial charge in [0.15, 0.2) is 0 Å². The number of aliphatic carboxylic acids is 1. The second kappa shape index (κ2) is 11.9. The van der Waals surface area contributed by atoms with Gasteiger partial charge in [-0.15, -0.1) is 0 Å². The fourth-order valence-corrected chi connectivity index (χ4v) is 1.38. The van der Waals surface area contributed by atoms with Crippen LogP contribution in [0.25, 0.3) is 0 Å². The first kappa shape index (κ1) is 17.8. The molecule has 0 radical (unpaired) electrons. The van der Waals surface area contributed by atoms with E-state index in [1.165, 1.54) is 0 Å². The van der Waals surface area contributed by atoms with E-state index in [-0.39, 0.29) is 18.7 Å². The van der Waals surface area contributed by atoms with Crippen LogP contribution in [-0.4, -0.2) is 63.0 Å². The Morgan fingerprint density at radius 3 is 2.47 bits per heavy atom. The highest BCUT2D eigenvalue weighted by Crippen LogP contribution is 1.96. The molecule has 0 saturated carbocycles. The number of carboxylic acid groups (broad SMARTS) is 1. The largest absolute Gasteiger partial charge is 0.480 e. The van der Waals surface area contributed by atoms with Crippen molar-refractivity contribution in [2.75, 3.05) is 40.0 Å². The van der Waals surface area contributed by atoms with E-state index in [1.807, 2.05) is 6.92 Å². The topological polar surface area (TPSA) is 96.9 Å². The zero-order chi connectivity index (χ0) is 14.5. The molecule has 0 spiro atoms. The molecule has 0 bridgehead atoms. The molecule has 0 saturated heterocycles. The summed E-state index contributed by atoms with van der Waals surface area (Å²) in [5.74, 6) is -1.12. The number of hydrogen-bond acceptors (Lipinski definition) is 5. The molecule has 0 fully saturated rings. The third-order valence-corrected chi connectivity index (χ3v) is 2.45. The van der Waals surface area contributed by atoms with Crippen molar-refractivity contribution in [2.45, 2.75) is 25.8 Å². The summed E-state index contributed by atoms with van der Waals surface area (Å²) < 4.78 is 10.3. The number of hydrogen-bond donors (Lipinski definition) is 3. The maximum absolute atomic E-state index is 11.4. The zero-order valence-electron chi connectivity index (χ0n) is 11.6. The van der Waals surface area contributed by atoms with E-state index in [1.54, 1.807) is 7.05 Å². The normalized spacial score (nSPS) is 12.1. The van der Waals surface area contributed by atoms with Crippen LogP contribution in [-0.2, 0) is 19.1 Å². The second-order valence-electron chi connectivity index (χ2n) is 3.88. The highest BCUT2D eigenvalue weighted by Gasteiger charge is 2.15. The Kier molecular flexibility index (Phi) is 11.1. The smallest absolute Gasteiger partial charge is 0.320 e. The summed E-state index contributed by atoms with van der Waals surface area (Å²) in [6, 6.07) is -0.687. The van der Waals surface area contributed by atoms with Gasteiger partial charge in [-0.2, -0.15) is 0 Å². The number of ether oxygens (including phenoxy) is 2. The van der Waals surface area contributed by atoms with Crippen LogP contribution in [0.1, 0.15) is 19.8 Å². The number of nitrogens with one attached hydrogen (secondary N) is 2. The van der Waals surface area contributed by atoms with E-state index in [9.17, 15) is 9.59 Å². The lowest BCUT2D eigenvalue weighted by molar-refractivity contribution is -0.139. The van der Waals surface area contributed by atoms with Crippen molar-refractivity contribution in [3.05, 3.63) is 0 Å². The van der Waals surface area contributed by atoms with Crippen molar-refractivity contribution < 1.29 is 24.2 Å². The van der Waals surface area contributed by atoms with Gasteiger partial charge in [0.1, 0.15) is 6.04 Å². The molecule has 0 aliphatic carbocycles. The molecule has 1 unspecified atom stereocenters. The molecule has 0 aromatic carbocycles. The summed E-state index contributed by atoms with van der Waals surface area (Å²) in [6.07, 6.45) is 0.444. The van der Waals surface area contributed by atoms with Gasteiger partial charge in [0.25, 0.3) is 0 Å². The number of amides is 1. The van der Waals surface area contributed by atoms with Gasteiger partial charge in [-0.25, -0.2) is 0 Å². The second-order valence-corrected chi connectivity index (χ2v) is 3.88. The third kappa shape index (κ3) is 10.4. The summed E-state index contributed by atoms with van der Waals surface area (Å²) in [5, 5.41) is 14.1. The Balaban J connectivity index is 3.46. The average Bonchev–Trinajstić information content (AvgIpc) is 2.38. The summed E-state index contributed by atoms with van der Waals surface area (Å²) in [6.45, 7) is 4.47. The van der Waals surface area contributed by atoms with Gasteiger partial charge in [-0.3, -0.25) is 9.59 Å². The summed E-state index contributed by atoms with van der Waals surface area (Å²) in [4.78, 5) is 22.1. The van der Waals surface area contributed by atoms with Crippen LogP contribution in [0.15, 0.2) is 0 Å². The highest BCUT2D eigenvalue weighted by atomic mass is 16.5. The van der Waals surface area contributed by atoms with E-state index in [2.05, 4.69) is 10.6 Å². The Hall–Kier alpha value is -1.18. The number of carbonyl (C=O) groups is 2. The molecule has 7 nitrogen and oxygen atoms in total. The fraction of sp³-hybridized carbons (Fsp3) is 0.833. The monoisotopic (exact) mass is 276 g/mol. The minimum Gasteiger partial charge on any atom is -0.480 e. The predicted octanol–water partition coefficient (Wildman–Crippen LogP) is -0.391. The van der Waals surface area contributed by atoms with Crippen molar-refractivity contribution in [3.63, 3.8) is 0 Å². The molecule has 0 rings (SSSR count). The Morgan fingerprint density at radius 1 is 1.21 bits per heavy atom. The summed E-state index contributed by atoms with van der Waals surface area (Å²) in [7, 11) is 1.56. The molecule has 0 aromatic heterocycles. The fourth-order valence-electron chi connectivity index (χ4n) is 1.38. The molecular weight excluding hydrogens is 252 g/mol. The molecular formula is C12H24N2O5. The van der Waals surface area contributed by atoms with Crippen LogP contribution < -0.4 is 10.6 Å². The van der Waals surface area contributed by atoms with Crippen LogP contribution >= 0.6 is 0 Å². The van der Waals surface area contributed by atoms with Crippen molar-refractivity contribution in [1.29, 1.82) is 0 Å². The van der Waals surface area contributed by atoms with Gasteiger partial charge >= 0.3 is 5.97 Å². The maximum atomic E-state index is 11.4. The first-order valence-corrected chi connectivity index (χ1v) is 6.44. The van der Waals surface area contributed by atoms with Crippen molar-refractivity contribution >= 4 is 11.9 Å². The molecule has 0 heterocycles. The van der Waals surface area contributed by atoms with E-state index >= 15 is 0 Å². The quantitative estimate of drug-likeness (QED) is 0.420.